The Kier molecular flexibility index (Phi) is 5.89. The van der Waals surface area contributed by atoms with Crippen LogP contribution in [0.25, 0.3) is 0 Å². The fourth-order valence-corrected chi connectivity index (χ4v) is 4.68. The topological polar surface area (TPSA) is 76.6 Å². The highest BCUT2D eigenvalue weighted by Gasteiger charge is 2.26. The van der Waals surface area contributed by atoms with Crippen molar-refractivity contribution in [1.82, 2.24) is 14.7 Å². The van der Waals surface area contributed by atoms with E-state index >= 15 is 0 Å². The third-order valence-corrected chi connectivity index (χ3v) is 6.59. The fourth-order valence-electron chi connectivity index (χ4n) is 3.95. The van der Waals surface area contributed by atoms with E-state index in [4.69, 9.17) is 9.47 Å². The molecule has 2 aromatic carbocycles. The van der Waals surface area contributed by atoms with E-state index in [0.717, 1.165) is 59.5 Å². The van der Waals surface area contributed by atoms with Gasteiger partial charge in [0.15, 0.2) is 11.5 Å². The number of halogens is 1. The number of nitrogens with zero attached hydrogens (tertiary/aromatic N) is 3. The molecular formula is C23H23FN4O3S. The van der Waals surface area contributed by atoms with Crippen molar-refractivity contribution in [2.24, 2.45) is 5.92 Å². The lowest BCUT2D eigenvalue weighted by molar-refractivity contribution is -0.125. The lowest BCUT2D eigenvalue weighted by Crippen LogP contribution is -2.40. The summed E-state index contributed by atoms with van der Waals surface area (Å²) in [5, 5.41) is 3.92. The number of piperidine rings is 1. The summed E-state index contributed by atoms with van der Waals surface area (Å²) < 4.78 is 28.2. The number of rotatable bonds is 6. The number of fused-ring (bicyclic) bond motifs is 1. The molecule has 0 aliphatic carbocycles. The summed E-state index contributed by atoms with van der Waals surface area (Å²) in [6.07, 6.45) is 2.13. The van der Waals surface area contributed by atoms with Crippen LogP contribution in [-0.4, -0.2) is 35.1 Å². The molecule has 0 bridgehead atoms. The quantitative estimate of drug-likeness (QED) is 0.614. The molecule has 0 radical (unpaired) electrons. The molecule has 2 aliphatic rings. The van der Waals surface area contributed by atoms with Gasteiger partial charge in [0.1, 0.15) is 11.6 Å². The van der Waals surface area contributed by atoms with Crippen LogP contribution < -0.4 is 19.7 Å². The predicted octanol–water partition coefficient (Wildman–Crippen LogP) is 3.53. The Morgan fingerprint density at radius 1 is 1.09 bits per heavy atom. The van der Waals surface area contributed by atoms with Gasteiger partial charge in [0.05, 0.1) is 0 Å². The summed E-state index contributed by atoms with van der Waals surface area (Å²) in [5.74, 6) is 2.03. The van der Waals surface area contributed by atoms with Crippen LogP contribution >= 0.6 is 11.5 Å². The molecule has 0 spiro atoms. The van der Waals surface area contributed by atoms with Gasteiger partial charge in [-0.3, -0.25) is 4.79 Å². The average molecular weight is 455 g/mol. The molecule has 1 amide bonds. The number of benzene rings is 2. The van der Waals surface area contributed by atoms with Crippen LogP contribution in [0.4, 0.5) is 9.52 Å². The first kappa shape index (κ1) is 20.7. The summed E-state index contributed by atoms with van der Waals surface area (Å²) in [6.45, 7) is 2.26. The van der Waals surface area contributed by atoms with Crippen LogP contribution in [-0.2, 0) is 17.8 Å². The van der Waals surface area contributed by atoms with Gasteiger partial charge in [-0.2, -0.15) is 4.37 Å². The number of ether oxygens (including phenoxy) is 2. The smallest absolute Gasteiger partial charge is 0.231 e. The Morgan fingerprint density at radius 2 is 1.84 bits per heavy atom. The van der Waals surface area contributed by atoms with Gasteiger partial charge in [0.2, 0.25) is 17.8 Å². The number of anilines is 1. The molecule has 0 unspecified atom stereocenters. The lowest BCUT2D eigenvalue weighted by Gasteiger charge is -2.30. The van der Waals surface area contributed by atoms with E-state index < -0.39 is 0 Å². The zero-order chi connectivity index (χ0) is 21.9. The Morgan fingerprint density at radius 3 is 2.66 bits per heavy atom. The van der Waals surface area contributed by atoms with Gasteiger partial charge in [-0.1, -0.05) is 18.2 Å². The van der Waals surface area contributed by atoms with Gasteiger partial charge in [0, 0.05) is 43.5 Å². The summed E-state index contributed by atoms with van der Waals surface area (Å²) >= 11 is 1.37. The summed E-state index contributed by atoms with van der Waals surface area (Å²) in [4.78, 5) is 19.5. The number of amides is 1. The Bertz CT molecular complexity index is 1100. The van der Waals surface area contributed by atoms with Crippen LogP contribution in [0.1, 0.15) is 29.8 Å². The summed E-state index contributed by atoms with van der Waals surface area (Å²) in [5.41, 5.74) is 1.97. The van der Waals surface area contributed by atoms with Crippen molar-refractivity contribution in [3.8, 4) is 11.5 Å². The van der Waals surface area contributed by atoms with Crippen molar-refractivity contribution in [2.75, 3.05) is 24.8 Å². The zero-order valence-electron chi connectivity index (χ0n) is 17.4. The van der Waals surface area contributed by atoms with Gasteiger partial charge in [0.25, 0.3) is 0 Å². The summed E-state index contributed by atoms with van der Waals surface area (Å²) in [6, 6.07) is 12.1. The minimum atomic E-state index is -0.247. The number of carbonyl (C=O) groups excluding carboxylic acids is 1. The molecule has 9 heteroatoms. The zero-order valence-corrected chi connectivity index (χ0v) is 18.2. The second-order valence-electron chi connectivity index (χ2n) is 7.96. The maximum absolute atomic E-state index is 13.1. The van der Waals surface area contributed by atoms with Gasteiger partial charge in [-0.25, -0.2) is 9.37 Å². The normalized spacial score (nSPS) is 15.7. The standard InChI is InChI=1S/C23H23FN4O3S/c24-18-4-1-15(2-5-18)12-21-26-23(32-27-21)28-9-7-17(8-10-28)22(29)25-13-16-3-6-19-20(11-16)31-14-30-19/h1-6,11,17H,7-10,12-14H2,(H,25,29). The molecule has 0 atom stereocenters. The van der Waals surface area contributed by atoms with Crippen molar-refractivity contribution < 1.29 is 18.7 Å². The molecule has 3 aromatic rings. The molecule has 1 aromatic heterocycles. The Labute approximate surface area is 189 Å². The maximum atomic E-state index is 13.1. The molecule has 2 aliphatic heterocycles. The first-order valence-electron chi connectivity index (χ1n) is 10.6. The van der Waals surface area contributed by atoms with E-state index in [1.54, 1.807) is 12.1 Å². The second kappa shape index (κ2) is 9.12. The van der Waals surface area contributed by atoms with Gasteiger partial charge in [-0.05, 0) is 48.2 Å². The van der Waals surface area contributed by atoms with Crippen molar-refractivity contribution in [3.63, 3.8) is 0 Å². The van der Waals surface area contributed by atoms with Crippen LogP contribution in [0.15, 0.2) is 42.5 Å². The molecule has 1 N–H and O–H groups in total. The highest BCUT2D eigenvalue weighted by Crippen LogP contribution is 2.32. The largest absolute Gasteiger partial charge is 0.454 e. The molecule has 5 rings (SSSR count). The molecule has 1 fully saturated rings. The van der Waals surface area contributed by atoms with Crippen LogP contribution in [0.2, 0.25) is 0 Å². The van der Waals surface area contributed by atoms with E-state index in [2.05, 4.69) is 19.6 Å². The number of hydrogen-bond acceptors (Lipinski definition) is 7. The average Bonchev–Trinajstić information content (AvgIpc) is 3.48. The Balaban J connectivity index is 1.10. The highest BCUT2D eigenvalue weighted by atomic mass is 32.1. The number of nitrogens with one attached hydrogen (secondary N) is 1. The first-order chi connectivity index (χ1) is 15.6. The third kappa shape index (κ3) is 4.67. The van der Waals surface area contributed by atoms with E-state index in [1.807, 2.05) is 18.2 Å². The molecule has 3 heterocycles. The van der Waals surface area contributed by atoms with E-state index in [0.29, 0.717) is 13.0 Å². The second-order valence-corrected chi connectivity index (χ2v) is 8.69. The molecule has 166 valence electrons. The van der Waals surface area contributed by atoms with Crippen molar-refractivity contribution in [1.29, 1.82) is 0 Å². The van der Waals surface area contributed by atoms with Crippen LogP contribution in [0.5, 0.6) is 11.5 Å². The van der Waals surface area contributed by atoms with E-state index in [9.17, 15) is 9.18 Å². The monoisotopic (exact) mass is 454 g/mol. The number of hydrogen-bond donors (Lipinski definition) is 1. The van der Waals surface area contributed by atoms with E-state index in [-0.39, 0.29) is 24.4 Å². The minimum absolute atomic E-state index is 0.00753. The third-order valence-electron chi connectivity index (χ3n) is 5.77. The van der Waals surface area contributed by atoms with Crippen molar-refractivity contribution in [3.05, 3.63) is 65.2 Å². The molecule has 32 heavy (non-hydrogen) atoms. The van der Waals surface area contributed by atoms with Crippen LogP contribution in [0, 0.1) is 11.7 Å². The first-order valence-corrected chi connectivity index (χ1v) is 11.4. The highest BCUT2D eigenvalue weighted by molar-refractivity contribution is 7.09. The molecule has 7 nitrogen and oxygen atoms in total. The minimum Gasteiger partial charge on any atom is -0.454 e. The number of aromatic nitrogens is 2. The van der Waals surface area contributed by atoms with Gasteiger partial charge >= 0.3 is 0 Å². The van der Waals surface area contributed by atoms with Crippen molar-refractivity contribution >= 4 is 22.6 Å². The molecule has 1 saturated heterocycles. The summed E-state index contributed by atoms with van der Waals surface area (Å²) in [7, 11) is 0. The van der Waals surface area contributed by atoms with Crippen molar-refractivity contribution in [2.45, 2.75) is 25.8 Å². The van der Waals surface area contributed by atoms with E-state index in [1.165, 1.54) is 23.7 Å². The maximum Gasteiger partial charge on any atom is 0.231 e. The lowest BCUT2D eigenvalue weighted by atomic mass is 9.96. The number of carbonyl (C=O) groups is 1. The molecule has 0 saturated carbocycles. The van der Waals surface area contributed by atoms with Crippen LogP contribution in [0.3, 0.4) is 0 Å². The predicted molar refractivity (Wildman–Crippen MR) is 118 cm³/mol. The SMILES string of the molecule is O=C(NCc1ccc2c(c1)OCO2)C1CCN(c2nc(Cc3ccc(F)cc3)ns2)CC1. The van der Waals surface area contributed by atoms with Gasteiger partial charge < -0.3 is 19.7 Å². The van der Waals surface area contributed by atoms with Gasteiger partial charge in [-0.15, -0.1) is 0 Å². The molecular weight excluding hydrogens is 431 g/mol. The Hall–Kier alpha value is -3.20. The fraction of sp³-hybridized carbons (Fsp3) is 0.348.